The highest BCUT2D eigenvalue weighted by Crippen LogP contribution is 2.26. The quantitative estimate of drug-likeness (QED) is 0.841. The first-order chi connectivity index (χ1) is 8.72. The zero-order valence-electron chi connectivity index (χ0n) is 11.7. The number of nitrogens with one attached hydrogen (secondary N) is 1. The van der Waals surface area contributed by atoms with Crippen LogP contribution in [0.5, 0.6) is 0 Å². The Morgan fingerprint density at radius 3 is 3.11 bits per heavy atom. The van der Waals surface area contributed by atoms with Gasteiger partial charge in [0.25, 0.3) is 0 Å². The molecule has 1 aliphatic rings. The van der Waals surface area contributed by atoms with E-state index in [2.05, 4.69) is 37.3 Å². The molecule has 4 heteroatoms. The van der Waals surface area contributed by atoms with Crippen molar-refractivity contribution in [2.75, 3.05) is 13.2 Å². The minimum absolute atomic E-state index is 0.425. The Morgan fingerprint density at radius 1 is 1.56 bits per heavy atom. The van der Waals surface area contributed by atoms with Crippen LogP contribution >= 0.6 is 0 Å². The summed E-state index contributed by atoms with van der Waals surface area (Å²) in [5.74, 6) is 1.27. The number of rotatable bonds is 6. The predicted octanol–water partition coefficient (Wildman–Crippen LogP) is 2.05. The van der Waals surface area contributed by atoms with Crippen LogP contribution in [0.4, 0.5) is 0 Å². The standard InChI is InChI=1S/C14H25N3O/c1-4-17-13(5-7-16-17)10-15-9-12-6-8-18-14(12)11(2)3/h5,7,11-12,14-15H,4,6,8-10H2,1-3H3/t12-,14-/m1/s1. The average Bonchev–Trinajstić information content (AvgIpc) is 2.97. The molecule has 0 aliphatic carbocycles. The van der Waals surface area contributed by atoms with Crippen LogP contribution in [0.2, 0.25) is 0 Å². The van der Waals surface area contributed by atoms with Gasteiger partial charge in [-0.25, -0.2) is 0 Å². The van der Waals surface area contributed by atoms with Crippen LogP contribution in [0.1, 0.15) is 32.9 Å². The molecule has 0 amide bonds. The third kappa shape index (κ3) is 3.12. The van der Waals surface area contributed by atoms with E-state index in [-0.39, 0.29) is 0 Å². The monoisotopic (exact) mass is 251 g/mol. The van der Waals surface area contributed by atoms with Gasteiger partial charge < -0.3 is 10.1 Å². The Hall–Kier alpha value is -0.870. The fourth-order valence-corrected chi connectivity index (χ4v) is 2.79. The van der Waals surface area contributed by atoms with E-state index >= 15 is 0 Å². The molecule has 2 heterocycles. The van der Waals surface area contributed by atoms with Gasteiger partial charge in [-0.05, 0) is 31.2 Å². The maximum atomic E-state index is 5.80. The number of ether oxygens (including phenoxy) is 1. The van der Waals surface area contributed by atoms with Crippen molar-refractivity contribution in [3.05, 3.63) is 18.0 Å². The predicted molar refractivity (Wildman–Crippen MR) is 72.3 cm³/mol. The minimum atomic E-state index is 0.425. The summed E-state index contributed by atoms with van der Waals surface area (Å²) >= 11 is 0. The smallest absolute Gasteiger partial charge is 0.0639 e. The summed E-state index contributed by atoms with van der Waals surface area (Å²) in [4.78, 5) is 0. The SMILES string of the molecule is CCn1nccc1CNC[C@H]1CCO[C@@H]1C(C)C. The normalized spacial score (nSPS) is 24.0. The lowest BCUT2D eigenvalue weighted by Crippen LogP contribution is -2.31. The highest BCUT2D eigenvalue weighted by atomic mass is 16.5. The second-order valence-corrected chi connectivity index (χ2v) is 5.40. The largest absolute Gasteiger partial charge is 0.378 e. The van der Waals surface area contributed by atoms with Crippen molar-refractivity contribution in [2.24, 2.45) is 11.8 Å². The molecule has 0 unspecified atom stereocenters. The minimum Gasteiger partial charge on any atom is -0.378 e. The summed E-state index contributed by atoms with van der Waals surface area (Å²) in [6, 6.07) is 2.08. The van der Waals surface area contributed by atoms with E-state index in [0.717, 1.165) is 26.2 Å². The Labute approximate surface area is 110 Å². The molecule has 0 radical (unpaired) electrons. The molecule has 1 fully saturated rings. The number of aromatic nitrogens is 2. The molecule has 0 saturated carbocycles. The van der Waals surface area contributed by atoms with E-state index in [0.29, 0.717) is 17.9 Å². The maximum absolute atomic E-state index is 5.80. The van der Waals surface area contributed by atoms with Crippen LogP contribution in [0.15, 0.2) is 12.3 Å². The fourth-order valence-electron chi connectivity index (χ4n) is 2.79. The number of nitrogens with zero attached hydrogens (tertiary/aromatic N) is 2. The van der Waals surface area contributed by atoms with E-state index in [1.807, 2.05) is 10.9 Å². The van der Waals surface area contributed by atoms with Gasteiger partial charge in [-0.2, -0.15) is 5.10 Å². The molecule has 2 rings (SSSR count). The lowest BCUT2D eigenvalue weighted by atomic mass is 9.93. The first-order valence-corrected chi connectivity index (χ1v) is 7.05. The summed E-state index contributed by atoms with van der Waals surface area (Å²) in [6.07, 6.45) is 3.48. The van der Waals surface area contributed by atoms with Crippen molar-refractivity contribution in [1.82, 2.24) is 15.1 Å². The zero-order chi connectivity index (χ0) is 13.0. The van der Waals surface area contributed by atoms with Gasteiger partial charge in [-0.3, -0.25) is 4.68 Å². The van der Waals surface area contributed by atoms with Crippen LogP contribution in [-0.4, -0.2) is 29.0 Å². The molecular formula is C14H25N3O. The molecule has 18 heavy (non-hydrogen) atoms. The maximum Gasteiger partial charge on any atom is 0.0639 e. The van der Waals surface area contributed by atoms with Gasteiger partial charge >= 0.3 is 0 Å². The Morgan fingerprint density at radius 2 is 2.39 bits per heavy atom. The Balaban J connectivity index is 1.78. The van der Waals surface area contributed by atoms with Crippen molar-refractivity contribution in [1.29, 1.82) is 0 Å². The second kappa shape index (κ2) is 6.34. The molecule has 1 aromatic heterocycles. The molecular weight excluding hydrogens is 226 g/mol. The molecule has 0 aromatic carbocycles. The van der Waals surface area contributed by atoms with E-state index in [9.17, 15) is 0 Å². The van der Waals surface area contributed by atoms with Crippen molar-refractivity contribution < 1.29 is 4.74 Å². The average molecular weight is 251 g/mol. The highest BCUT2D eigenvalue weighted by Gasteiger charge is 2.30. The molecule has 102 valence electrons. The second-order valence-electron chi connectivity index (χ2n) is 5.40. The molecule has 1 aliphatic heterocycles. The van der Waals surface area contributed by atoms with E-state index in [1.165, 1.54) is 12.1 Å². The molecule has 2 atom stereocenters. The van der Waals surface area contributed by atoms with Gasteiger partial charge in [0.1, 0.15) is 0 Å². The molecule has 1 aromatic rings. The first-order valence-electron chi connectivity index (χ1n) is 7.05. The van der Waals surface area contributed by atoms with E-state index in [4.69, 9.17) is 4.74 Å². The zero-order valence-corrected chi connectivity index (χ0v) is 11.7. The number of hydrogen-bond donors (Lipinski definition) is 1. The Bertz CT molecular complexity index is 362. The summed E-state index contributed by atoms with van der Waals surface area (Å²) < 4.78 is 7.84. The number of hydrogen-bond acceptors (Lipinski definition) is 3. The lowest BCUT2D eigenvalue weighted by Gasteiger charge is -2.22. The van der Waals surface area contributed by atoms with E-state index < -0.39 is 0 Å². The fraction of sp³-hybridized carbons (Fsp3) is 0.786. The van der Waals surface area contributed by atoms with Crippen LogP contribution in [0.3, 0.4) is 0 Å². The van der Waals surface area contributed by atoms with Gasteiger partial charge in [0, 0.05) is 32.4 Å². The van der Waals surface area contributed by atoms with Crippen LogP contribution in [0, 0.1) is 11.8 Å². The topological polar surface area (TPSA) is 39.1 Å². The molecule has 1 N–H and O–H groups in total. The van der Waals surface area contributed by atoms with Gasteiger partial charge in [0.05, 0.1) is 11.8 Å². The molecule has 0 bridgehead atoms. The van der Waals surface area contributed by atoms with Crippen LogP contribution < -0.4 is 5.32 Å². The summed E-state index contributed by atoms with van der Waals surface area (Å²) in [7, 11) is 0. The summed E-state index contributed by atoms with van der Waals surface area (Å²) in [5, 5.41) is 7.83. The highest BCUT2D eigenvalue weighted by molar-refractivity contribution is 5.00. The third-order valence-corrected chi connectivity index (χ3v) is 3.74. The van der Waals surface area contributed by atoms with Crippen LogP contribution in [-0.2, 0) is 17.8 Å². The summed E-state index contributed by atoms with van der Waals surface area (Å²) in [5.41, 5.74) is 1.26. The lowest BCUT2D eigenvalue weighted by molar-refractivity contribution is 0.0539. The van der Waals surface area contributed by atoms with Crippen molar-refractivity contribution in [2.45, 2.75) is 46.4 Å². The van der Waals surface area contributed by atoms with Crippen molar-refractivity contribution in [3.63, 3.8) is 0 Å². The van der Waals surface area contributed by atoms with Crippen molar-refractivity contribution in [3.8, 4) is 0 Å². The first kappa shape index (κ1) is 13.6. The van der Waals surface area contributed by atoms with E-state index in [1.54, 1.807) is 0 Å². The third-order valence-electron chi connectivity index (χ3n) is 3.74. The molecule has 4 nitrogen and oxygen atoms in total. The van der Waals surface area contributed by atoms with Crippen LogP contribution in [0.25, 0.3) is 0 Å². The van der Waals surface area contributed by atoms with Crippen molar-refractivity contribution >= 4 is 0 Å². The summed E-state index contributed by atoms with van der Waals surface area (Å²) in [6.45, 7) is 10.4. The van der Waals surface area contributed by atoms with Gasteiger partial charge in [0.2, 0.25) is 0 Å². The molecule has 1 saturated heterocycles. The Kier molecular flexibility index (Phi) is 4.78. The molecule has 0 spiro atoms. The number of aryl methyl sites for hydroxylation is 1. The van der Waals surface area contributed by atoms with Gasteiger partial charge in [-0.1, -0.05) is 13.8 Å². The van der Waals surface area contributed by atoms with Gasteiger partial charge in [-0.15, -0.1) is 0 Å². The van der Waals surface area contributed by atoms with Gasteiger partial charge in [0.15, 0.2) is 0 Å².